The normalized spacial score (nSPS) is 12.2. The lowest BCUT2D eigenvalue weighted by atomic mass is 10.3. The van der Waals surface area contributed by atoms with E-state index in [4.69, 9.17) is 4.74 Å². The maximum atomic E-state index is 13.5. The van der Waals surface area contributed by atoms with E-state index < -0.39 is 23.5 Å². The number of benzene rings is 1. The van der Waals surface area contributed by atoms with Crippen molar-refractivity contribution in [1.29, 1.82) is 0 Å². The molecule has 2 rings (SSSR count). The van der Waals surface area contributed by atoms with E-state index in [9.17, 15) is 13.9 Å². The maximum Gasteiger partial charge on any atom is 0.190 e. The van der Waals surface area contributed by atoms with E-state index in [0.29, 0.717) is 5.75 Å². The van der Waals surface area contributed by atoms with Gasteiger partial charge in [-0.1, -0.05) is 22.0 Å². The van der Waals surface area contributed by atoms with E-state index in [2.05, 4.69) is 20.9 Å². The highest BCUT2D eigenvalue weighted by Crippen LogP contribution is 2.26. The minimum absolute atomic E-state index is 0.199. The SMILES string of the molecule is O[C@H](COc1c(F)cc(Br)cc1F)CSc1ccccn1. The fourth-order valence-corrected chi connectivity index (χ4v) is 2.68. The highest BCUT2D eigenvalue weighted by molar-refractivity contribution is 9.10. The molecule has 0 radical (unpaired) electrons. The number of halogens is 3. The predicted octanol–water partition coefficient (Wildman–Crippen LogP) is 3.65. The van der Waals surface area contributed by atoms with Gasteiger partial charge in [-0.15, -0.1) is 11.8 Å². The zero-order chi connectivity index (χ0) is 15.2. The summed E-state index contributed by atoms with van der Waals surface area (Å²) in [6.07, 6.45) is 0.789. The number of hydrogen-bond donors (Lipinski definition) is 1. The molecule has 1 N–H and O–H groups in total. The highest BCUT2D eigenvalue weighted by atomic mass is 79.9. The Kier molecular flexibility index (Phi) is 5.96. The van der Waals surface area contributed by atoms with Crippen LogP contribution in [0.4, 0.5) is 8.78 Å². The summed E-state index contributed by atoms with van der Waals surface area (Å²) in [6.45, 7) is -0.199. The number of aromatic nitrogens is 1. The standard InChI is InChI=1S/C14H12BrF2NO2S/c15-9-5-11(16)14(12(17)6-9)20-7-10(19)8-21-13-3-1-2-4-18-13/h1-6,10,19H,7-8H2/t10-/m1/s1. The van der Waals surface area contributed by atoms with Gasteiger partial charge in [0.15, 0.2) is 17.4 Å². The lowest BCUT2D eigenvalue weighted by molar-refractivity contribution is 0.120. The van der Waals surface area contributed by atoms with Gasteiger partial charge in [-0.2, -0.15) is 0 Å². The Bertz CT molecular complexity index is 578. The topological polar surface area (TPSA) is 42.4 Å². The van der Waals surface area contributed by atoms with Crippen molar-refractivity contribution in [2.24, 2.45) is 0 Å². The molecule has 0 fully saturated rings. The zero-order valence-corrected chi connectivity index (χ0v) is 13.2. The molecule has 0 spiro atoms. The van der Waals surface area contributed by atoms with E-state index >= 15 is 0 Å². The van der Waals surface area contributed by atoms with Crippen molar-refractivity contribution in [2.75, 3.05) is 12.4 Å². The first kappa shape index (κ1) is 16.2. The first-order valence-electron chi connectivity index (χ1n) is 6.05. The van der Waals surface area contributed by atoms with Crippen molar-refractivity contribution >= 4 is 27.7 Å². The van der Waals surface area contributed by atoms with Crippen LogP contribution in [0, 0.1) is 11.6 Å². The summed E-state index contributed by atoms with van der Waals surface area (Å²) < 4.78 is 32.3. The van der Waals surface area contributed by atoms with Crippen molar-refractivity contribution in [2.45, 2.75) is 11.1 Å². The van der Waals surface area contributed by atoms with E-state index in [1.807, 2.05) is 12.1 Å². The lowest BCUT2D eigenvalue weighted by Gasteiger charge is -2.13. The van der Waals surface area contributed by atoms with Crippen molar-refractivity contribution in [3.8, 4) is 5.75 Å². The molecule has 0 saturated heterocycles. The van der Waals surface area contributed by atoms with E-state index in [0.717, 1.165) is 17.2 Å². The largest absolute Gasteiger partial charge is 0.485 e. The predicted molar refractivity (Wildman–Crippen MR) is 80.5 cm³/mol. The Morgan fingerprint density at radius 2 is 2.00 bits per heavy atom. The molecule has 0 aliphatic rings. The van der Waals surface area contributed by atoms with Gasteiger partial charge in [0.2, 0.25) is 0 Å². The number of aliphatic hydroxyl groups is 1. The molecule has 0 unspecified atom stereocenters. The second kappa shape index (κ2) is 7.72. The summed E-state index contributed by atoms with van der Waals surface area (Å²) in [5.41, 5.74) is 0. The fraction of sp³-hybridized carbons (Fsp3) is 0.214. The van der Waals surface area contributed by atoms with Crippen LogP contribution in [0.5, 0.6) is 5.75 Å². The van der Waals surface area contributed by atoms with Crippen LogP contribution in [0.1, 0.15) is 0 Å². The van der Waals surface area contributed by atoms with Crippen LogP contribution in [0.15, 0.2) is 46.0 Å². The molecule has 0 aliphatic heterocycles. The summed E-state index contributed by atoms with van der Waals surface area (Å²) in [5, 5.41) is 10.5. The number of aliphatic hydroxyl groups excluding tert-OH is 1. The number of pyridine rings is 1. The van der Waals surface area contributed by atoms with Crippen LogP contribution in [-0.2, 0) is 0 Å². The minimum atomic E-state index is -0.862. The number of hydrogen-bond acceptors (Lipinski definition) is 4. The molecule has 1 aromatic heterocycles. The Morgan fingerprint density at radius 1 is 1.29 bits per heavy atom. The second-order valence-corrected chi connectivity index (χ2v) is 6.10. The smallest absolute Gasteiger partial charge is 0.190 e. The average molecular weight is 376 g/mol. The number of rotatable bonds is 6. The van der Waals surface area contributed by atoms with E-state index in [1.54, 1.807) is 12.3 Å². The summed E-state index contributed by atoms with van der Waals surface area (Å²) >= 11 is 4.32. The Morgan fingerprint density at radius 3 is 2.62 bits per heavy atom. The Hall–Kier alpha value is -1.18. The van der Waals surface area contributed by atoms with Gasteiger partial charge in [0.05, 0.1) is 11.1 Å². The van der Waals surface area contributed by atoms with Crippen molar-refractivity contribution in [3.63, 3.8) is 0 Å². The number of nitrogens with zero attached hydrogens (tertiary/aromatic N) is 1. The van der Waals surface area contributed by atoms with Crippen molar-refractivity contribution in [3.05, 3.63) is 52.6 Å². The van der Waals surface area contributed by atoms with Crippen LogP contribution in [0.2, 0.25) is 0 Å². The van der Waals surface area contributed by atoms with Gasteiger partial charge in [-0.3, -0.25) is 0 Å². The minimum Gasteiger partial charge on any atom is -0.485 e. The van der Waals surface area contributed by atoms with E-state index in [1.165, 1.54) is 11.8 Å². The molecule has 1 aromatic carbocycles. The molecule has 0 saturated carbocycles. The Labute approximate surface area is 133 Å². The van der Waals surface area contributed by atoms with Gasteiger partial charge >= 0.3 is 0 Å². The van der Waals surface area contributed by atoms with Crippen LogP contribution in [0.3, 0.4) is 0 Å². The van der Waals surface area contributed by atoms with Crippen molar-refractivity contribution < 1.29 is 18.6 Å². The molecule has 112 valence electrons. The van der Waals surface area contributed by atoms with Gasteiger partial charge in [0, 0.05) is 16.4 Å². The summed E-state index contributed by atoms with van der Waals surface area (Å²) in [7, 11) is 0. The molecule has 1 atom stereocenters. The van der Waals surface area contributed by atoms with Gasteiger partial charge < -0.3 is 9.84 Å². The molecule has 0 amide bonds. The molecule has 1 heterocycles. The van der Waals surface area contributed by atoms with E-state index in [-0.39, 0.29) is 11.1 Å². The summed E-state index contributed by atoms with van der Waals surface area (Å²) in [4.78, 5) is 4.09. The summed E-state index contributed by atoms with van der Waals surface area (Å²) in [5.74, 6) is -1.80. The fourth-order valence-electron chi connectivity index (χ4n) is 1.51. The number of thioether (sulfide) groups is 1. The first-order valence-corrected chi connectivity index (χ1v) is 7.83. The number of ether oxygens (including phenoxy) is 1. The summed E-state index contributed by atoms with van der Waals surface area (Å²) in [6, 6.07) is 7.65. The second-order valence-electron chi connectivity index (χ2n) is 4.14. The highest BCUT2D eigenvalue weighted by Gasteiger charge is 2.14. The molecule has 0 aliphatic carbocycles. The average Bonchev–Trinajstić information content (AvgIpc) is 2.45. The molecule has 2 aromatic rings. The van der Waals surface area contributed by atoms with Crippen molar-refractivity contribution in [1.82, 2.24) is 4.98 Å². The zero-order valence-electron chi connectivity index (χ0n) is 10.8. The molecule has 0 bridgehead atoms. The third kappa shape index (κ3) is 4.94. The molecule has 21 heavy (non-hydrogen) atoms. The quantitative estimate of drug-likeness (QED) is 0.782. The van der Waals surface area contributed by atoms with Gasteiger partial charge in [-0.05, 0) is 24.3 Å². The van der Waals surface area contributed by atoms with Gasteiger partial charge in [0.1, 0.15) is 6.61 Å². The van der Waals surface area contributed by atoms with Crippen LogP contribution in [-0.4, -0.2) is 28.6 Å². The van der Waals surface area contributed by atoms with Crippen LogP contribution < -0.4 is 4.74 Å². The Balaban J connectivity index is 1.85. The maximum absolute atomic E-state index is 13.5. The third-order valence-electron chi connectivity index (χ3n) is 2.44. The first-order chi connectivity index (χ1) is 10.1. The van der Waals surface area contributed by atoms with Gasteiger partial charge in [-0.25, -0.2) is 13.8 Å². The molecular weight excluding hydrogens is 364 g/mol. The molecule has 3 nitrogen and oxygen atoms in total. The van der Waals surface area contributed by atoms with Gasteiger partial charge in [0.25, 0.3) is 0 Å². The monoisotopic (exact) mass is 375 g/mol. The molecule has 7 heteroatoms. The third-order valence-corrected chi connectivity index (χ3v) is 3.99. The van der Waals surface area contributed by atoms with Crippen LogP contribution >= 0.6 is 27.7 Å². The van der Waals surface area contributed by atoms with Crippen LogP contribution in [0.25, 0.3) is 0 Å². The lowest BCUT2D eigenvalue weighted by Crippen LogP contribution is -2.21. The molecular formula is C14H12BrF2NO2S.